The summed E-state index contributed by atoms with van der Waals surface area (Å²) in [4.78, 5) is 71.6. The maximum atomic E-state index is 14.7. The fourth-order valence-corrected chi connectivity index (χ4v) is 18.2. The van der Waals surface area contributed by atoms with E-state index in [1.54, 1.807) is 77.7 Å². The van der Waals surface area contributed by atoms with Gasteiger partial charge in [0.2, 0.25) is 5.91 Å². The number of amides is 1. The number of nitrogens with zero attached hydrogens (tertiary/aromatic N) is 12. The first kappa shape index (κ1) is 86.5. The Morgan fingerprint density at radius 1 is 0.458 bits per heavy atom. The predicted molar refractivity (Wildman–Crippen MR) is 435 cm³/mol. The molecule has 0 spiro atoms. The molecule has 5 fully saturated rings. The number of halogens is 9. The van der Waals surface area contributed by atoms with E-state index in [0.717, 1.165) is 70.2 Å². The Kier molecular flexibility index (Phi) is 26.5. The van der Waals surface area contributed by atoms with Gasteiger partial charge in [0.15, 0.2) is 17.3 Å². The lowest BCUT2D eigenvalue weighted by Crippen LogP contribution is -2.43. The summed E-state index contributed by atoms with van der Waals surface area (Å²) in [5, 5.41) is 27.6. The van der Waals surface area contributed by atoms with Crippen molar-refractivity contribution in [3.63, 3.8) is 0 Å². The number of carbonyl (C=O) groups excluding carboxylic acids is 4. The molecule has 9 aromatic rings. The average molecular weight is 1620 g/mol. The number of piperidine rings is 3. The number of rotatable bonds is 18. The van der Waals surface area contributed by atoms with E-state index >= 15 is 0 Å². The van der Waals surface area contributed by atoms with Crippen LogP contribution in [0.25, 0.3) is 33.1 Å². The standard InChI is InChI=1S/C32H35F3N4O.C31H33F3N4O.C30H33F3N4O2/c1-21(15-22-7-4-3-5-8-22)39-13-11-24(12-14-39)27-20-38(2)31-29(27)30(32(33,34)35)26(19-37-31)17-28(40)25-10-6-9-23(16-25)18-36;1-20(22-8-4-3-5-9-22)38-13-11-23(12-14-38)26-19-37(2)30-28(26)29(31(32,33)34)25(18-36-30)16-27(39)24-10-6-7-21(15-24)17-35;1-18(29(2,3)4)28(39)37-11-9-20(10-12-37)23-17-36(5)27-25(23)26(30(31,32)33)22(16-35-27)14-24(38)21-8-6-7-19(13-21)15-34/h6,9-10,16,19-20,22,24H,1,3-5,7-8,11-15,17H2,2H3;6-7,10,15,18-19,22-23H,1,3-5,8-9,11-14,16H2,2H3;6-8,13,16-18,20H,9-12,14H2,1-5H3/t;;18-/m..0/s1. The van der Waals surface area contributed by atoms with E-state index in [9.17, 15) is 58.7 Å². The largest absolute Gasteiger partial charge is 0.417 e. The number of allylic oxidation sites excluding steroid dienone is 2. The Labute approximate surface area is 683 Å². The first-order valence-electron chi connectivity index (χ1n) is 40.9. The van der Waals surface area contributed by atoms with E-state index < -0.39 is 71.8 Å². The van der Waals surface area contributed by atoms with E-state index in [-0.39, 0.29) is 118 Å². The second-order valence-corrected chi connectivity index (χ2v) is 33.8. The molecule has 0 N–H and O–H groups in total. The molecule has 1 amide bonds. The van der Waals surface area contributed by atoms with Gasteiger partial charge in [-0.05, 0) is 163 Å². The molecule has 1 atom stereocenters. The number of pyridine rings is 3. The number of benzene rings is 3. The van der Waals surface area contributed by atoms with Crippen LogP contribution in [0.4, 0.5) is 39.5 Å². The summed E-state index contributed by atoms with van der Waals surface area (Å²) >= 11 is 0. The summed E-state index contributed by atoms with van der Waals surface area (Å²) in [6.45, 7) is 20.8. The van der Waals surface area contributed by atoms with Crippen molar-refractivity contribution in [3.05, 3.63) is 218 Å². The van der Waals surface area contributed by atoms with Crippen LogP contribution in [0.2, 0.25) is 0 Å². The highest BCUT2D eigenvalue weighted by atomic mass is 19.4. The first-order valence-corrected chi connectivity index (χ1v) is 40.9. The predicted octanol–water partition coefficient (Wildman–Crippen LogP) is 21.0. The lowest BCUT2D eigenvalue weighted by molar-refractivity contribution is -0.139. The number of aryl methyl sites for hydroxylation is 3. The second kappa shape index (κ2) is 36.2. The smallest absolute Gasteiger partial charge is 0.375 e. The third kappa shape index (κ3) is 19.4. The number of carbonyl (C=O) groups is 4. The molecule has 620 valence electrons. The van der Waals surface area contributed by atoms with Gasteiger partial charge in [-0.2, -0.15) is 55.3 Å². The van der Waals surface area contributed by atoms with Gasteiger partial charge in [-0.1, -0.05) is 129 Å². The van der Waals surface area contributed by atoms with Crippen molar-refractivity contribution in [1.82, 2.24) is 43.4 Å². The van der Waals surface area contributed by atoms with Crippen LogP contribution in [0.15, 0.2) is 135 Å². The summed E-state index contributed by atoms with van der Waals surface area (Å²) in [6.07, 6.45) is 10.9. The highest BCUT2D eigenvalue weighted by Gasteiger charge is 2.44. The van der Waals surface area contributed by atoms with Crippen LogP contribution >= 0.6 is 0 Å². The first-order chi connectivity index (χ1) is 56.0. The highest BCUT2D eigenvalue weighted by Crippen LogP contribution is 2.48. The van der Waals surface area contributed by atoms with Crippen LogP contribution in [0, 0.1) is 57.2 Å². The fraction of sp³-hybridized carbons (Fsp3) is 0.462. The van der Waals surface area contributed by atoms with Gasteiger partial charge in [0, 0.05) is 167 Å². The number of hydrogen-bond donors (Lipinski definition) is 0. The normalized spacial score (nSPS) is 16.8. The minimum absolute atomic E-state index is 0.0221. The van der Waals surface area contributed by atoms with Gasteiger partial charge in [0.1, 0.15) is 16.9 Å². The van der Waals surface area contributed by atoms with E-state index in [1.165, 1.54) is 131 Å². The third-order valence-electron chi connectivity index (χ3n) is 25.1. The van der Waals surface area contributed by atoms with Gasteiger partial charge >= 0.3 is 18.5 Å². The monoisotopic (exact) mass is 1620 g/mol. The average Bonchev–Trinajstić information content (AvgIpc) is 1.55. The molecular weight excluding hydrogens is 1520 g/mol. The number of aromatic nitrogens is 6. The second-order valence-electron chi connectivity index (χ2n) is 33.8. The van der Waals surface area contributed by atoms with E-state index in [4.69, 9.17) is 15.8 Å². The zero-order chi connectivity index (χ0) is 84.9. The van der Waals surface area contributed by atoms with Gasteiger partial charge in [-0.15, -0.1) is 0 Å². The molecule has 9 heterocycles. The molecule has 118 heavy (non-hydrogen) atoms. The Hall–Kier alpha value is -10.9. The molecule has 0 bridgehead atoms. The van der Waals surface area contributed by atoms with Crippen molar-refractivity contribution < 1.29 is 58.7 Å². The van der Waals surface area contributed by atoms with Crippen molar-refractivity contribution in [2.24, 2.45) is 44.3 Å². The topological polar surface area (TPSA) is 203 Å². The summed E-state index contributed by atoms with van der Waals surface area (Å²) in [5.74, 6) is -0.617. The van der Waals surface area contributed by atoms with Crippen molar-refractivity contribution in [2.75, 3.05) is 39.3 Å². The van der Waals surface area contributed by atoms with Gasteiger partial charge in [0.25, 0.3) is 0 Å². The molecule has 3 aliphatic heterocycles. The Bertz CT molecular complexity index is 5390. The lowest BCUT2D eigenvalue weighted by Gasteiger charge is -2.38. The van der Waals surface area contributed by atoms with Gasteiger partial charge in [-0.3, -0.25) is 19.2 Å². The number of ketones is 3. The van der Waals surface area contributed by atoms with Gasteiger partial charge in [-0.25, -0.2) is 15.0 Å². The molecule has 0 unspecified atom stereocenters. The summed E-state index contributed by atoms with van der Waals surface area (Å²) in [5.41, 5.74) is 3.32. The molecule has 25 heteroatoms. The molecule has 2 saturated carbocycles. The Balaban J connectivity index is 0.000000163. The third-order valence-corrected chi connectivity index (χ3v) is 25.1. The minimum Gasteiger partial charge on any atom is -0.375 e. The molecule has 5 aliphatic rings. The molecule has 14 rings (SSSR count). The summed E-state index contributed by atoms with van der Waals surface area (Å²) < 4.78 is 137. The molecule has 3 aromatic carbocycles. The molecule has 0 radical (unpaired) electrons. The quantitative estimate of drug-likeness (QED) is 0.0582. The Morgan fingerprint density at radius 2 is 0.771 bits per heavy atom. The summed E-state index contributed by atoms with van der Waals surface area (Å²) in [6, 6.07) is 23.9. The maximum Gasteiger partial charge on any atom is 0.417 e. The van der Waals surface area contributed by atoms with Crippen LogP contribution in [0.3, 0.4) is 0 Å². The number of hydrogen-bond acceptors (Lipinski definition) is 12. The number of nitriles is 3. The fourth-order valence-electron chi connectivity index (χ4n) is 18.2. The van der Waals surface area contributed by atoms with Crippen LogP contribution in [0.1, 0.15) is 252 Å². The number of likely N-dealkylation sites (tertiary alicyclic amines) is 3. The zero-order valence-electron chi connectivity index (χ0n) is 68.1. The molecule has 2 aliphatic carbocycles. The maximum absolute atomic E-state index is 14.7. The van der Waals surface area contributed by atoms with E-state index in [2.05, 4.69) is 37.9 Å². The molecular formula is C93H101F9N12O4. The van der Waals surface area contributed by atoms with E-state index in [0.29, 0.717) is 54.5 Å². The van der Waals surface area contributed by atoms with Gasteiger partial charge in [0.05, 0.1) is 51.6 Å². The Morgan fingerprint density at radius 3 is 1.08 bits per heavy atom. The van der Waals surface area contributed by atoms with Crippen molar-refractivity contribution >= 4 is 56.4 Å². The van der Waals surface area contributed by atoms with Crippen LogP contribution < -0.4 is 0 Å². The van der Waals surface area contributed by atoms with Crippen LogP contribution in [0.5, 0.6) is 0 Å². The van der Waals surface area contributed by atoms with Crippen molar-refractivity contribution in [1.29, 1.82) is 15.8 Å². The molecule has 16 nitrogen and oxygen atoms in total. The number of Topliss-reactive ketones (excluding diaryl/α,β-unsaturated/α-hetero) is 3. The van der Waals surface area contributed by atoms with Crippen LogP contribution in [-0.4, -0.2) is 106 Å². The minimum atomic E-state index is -4.71. The van der Waals surface area contributed by atoms with Crippen LogP contribution in [-0.2, 0) is 63.7 Å². The van der Waals surface area contributed by atoms with Crippen molar-refractivity contribution in [3.8, 4) is 18.2 Å². The molecule has 3 saturated heterocycles. The zero-order valence-corrected chi connectivity index (χ0v) is 68.1. The van der Waals surface area contributed by atoms with Gasteiger partial charge < -0.3 is 28.4 Å². The summed E-state index contributed by atoms with van der Waals surface area (Å²) in [7, 11) is 5.11. The highest BCUT2D eigenvalue weighted by molar-refractivity contribution is 6.01. The molecule has 6 aromatic heterocycles. The van der Waals surface area contributed by atoms with E-state index in [1.807, 2.05) is 50.8 Å². The SMILES string of the molecule is C=C(C1CCCCC1)N1CCC(c2cn(C)c3ncc(CC(=O)c4cccc(C#N)c4)c(C(F)(F)F)c23)CC1.C=C(CC1CCCCC1)N1CCC(c2cn(C)c3ncc(CC(=O)c4cccc(C#N)c4)c(C(F)(F)F)c23)CC1.C[C@@H](C(=O)N1CCC(c2cn(C)c3ncc(CC(=O)c4cccc(C#N)c4)c(C(F)(F)F)c23)CC1)C(C)(C)C. The lowest BCUT2D eigenvalue weighted by atomic mass is 9.80. The number of fused-ring (bicyclic) bond motifs is 3. The van der Waals surface area contributed by atoms with Crippen molar-refractivity contribution in [2.45, 2.75) is 192 Å². The number of alkyl halides is 9.